The Hall–Kier alpha value is -6.41. The van der Waals surface area contributed by atoms with Crippen molar-refractivity contribution in [3.8, 4) is 21.9 Å². The van der Waals surface area contributed by atoms with Crippen molar-refractivity contribution in [1.29, 1.82) is 0 Å². The number of pyridine rings is 1. The van der Waals surface area contributed by atoms with Crippen molar-refractivity contribution in [2.75, 3.05) is 49.7 Å². The number of Topliss-reactive ketones (excluding diaryl/α,β-unsaturated/α-hetero) is 1. The SMILES string of the molecule is CC(=O)COc1cc2cc(Nc3nc(N4CCC(OCCOc5cc(-c6scnc6C)ccc5CNC(=O)[C@@H]5C[C@@H](O)CN5C(=O)C(c5cc(C)no5)C(C)C)CC4)ncc3Cl)ccc2n(C)c1=O. The van der Waals surface area contributed by atoms with E-state index in [-0.39, 0.29) is 73.7 Å². The smallest absolute Gasteiger partial charge is 0.293 e. The molecular weight excluding hydrogens is 926 g/mol. The Bertz CT molecular complexity index is 2900. The number of carbonyl (C=O) groups excluding carboxylic acids is 3. The predicted molar refractivity (Wildman–Crippen MR) is 261 cm³/mol. The number of aliphatic hydroxyl groups excluding tert-OH is 1. The van der Waals surface area contributed by atoms with Gasteiger partial charge in [0.2, 0.25) is 17.8 Å². The maximum Gasteiger partial charge on any atom is 0.293 e. The summed E-state index contributed by atoms with van der Waals surface area (Å²) in [5, 5.41) is 22.0. The number of ketones is 1. The molecule has 20 heteroatoms. The number of piperidine rings is 1. The first kappa shape index (κ1) is 49.0. The maximum atomic E-state index is 13.9. The topological polar surface area (TPSA) is 216 Å². The van der Waals surface area contributed by atoms with Crippen LogP contribution in [-0.2, 0) is 32.7 Å². The average Bonchev–Trinajstić information content (AvgIpc) is 4.07. The zero-order valence-corrected chi connectivity index (χ0v) is 40.9. The van der Waals surface area contributed by atoms with Crippen molar-refractivity contribution in [3.05, 3.63) is 98.3 Å². The molecule has 0 radical (unpaired) electrons. The summed E-state index contributed by atoms with van der Waals surface area (Å²) >= 11 is 8.10. The highest BCUT2D eigenvalue weighted by Crippen LogP contribution is 2.34. The highest BCUT2D eigenvalue weighted by molar-refractivity contribution is 7.13. The Morgan fingerprint density at radius 1 is 1.01 bits per heavy atom. The van der Waals surface area contributed by atoms with E-state index in [9.17, 15) is 24.3 Å². The van der Waals surface area contributed by atoms with E-state index in [0.717, 1.165) is 39.9 Å². The van der Waals surface area contributed by atoms with Gasteiger partial charge in [0.05, 0.1) is 52.3 Å². The second kappa shape index (κ2) is 21.5. The van der Waals surface area contributed by atoms with Gasteiger partial charge in [0, 0.05) is 62.4 Å². The van der Waals surface area contributed by atoms with Crippen LogP contribution >= 0.6 is 22.9 Å². The number of carbonyl (C=O) groups is 3. The number of ether oxygens (including phenoxy) is 3. The third-order valence-electron chi connectivity index (χ3n) is 12.3. The Labute approximate surface area is 407 Å². The number of β-amino-alcohol motifs (C(OH)–C–C–N with tert-alkyl or cyclic N) is 1. The minimum absolute atomic E-state index is 0.0201. The highest BCUT2D eigenvalue weighted by atomic mass is 35.5. The number of aliphatic hydroxyl groups is 1. The average molecular weight is 983 g/mol. The Kier molecular flexibility index (Phi) is 15.3. The first-order valence-electron chi connectivity index (χ1n) is 22.9. The van der Waals surface area contributed by atoms with E-state index in [1.165, 1.54) is 27.7 Å². The van der Waals surface area contributed by atoms with Gasteiger partial charge in [0.25, 0.3) is 5.56 Å². The minimum Gasteiger partial charge on any atom is -0.491 e. The second-order valence-electron chi connectivity index (χ2n) is 17.8. The lowest BCUT2D eigenvalue weighted by molar-refractivity contribution is -0.141. The number of likely N-dealkylation sites (tertiary alicyclic amines) is 1. The van der Waals surface area contributed by atoms with Crippen LogP contribution in [-0.4, -0.2) is 110 Å². The normalized spacial score (nSPS) is 16.8. The largest absolute Gasteiger partial charge is 0.491 e. The second-order valence-corrected chi connectivity index (χ2v) is 19.1. The quantitative estimate of drug-likeness (QED) is 0.0784. The number of aryl methyl sites for hydroxylation is 3. The van der Waals surface area contributed by atoms with Crippen molar-refractivity contribution < 1.29 is 38.2 Å². The fourth-order valence-corrected chi connectivity index (χ4v) is 9.68. The summed E-state index contributed by atoms with van der Waals surface area (Å²) in [6.07, 6.45) is 2.28. The molecule has 6 aromatic rings. The molecule has 2 aliphatic heterocycles. The lowest BCUT2D eigenvalue weighted by Crippen LogP contribution is -2.48. The van der Waals surface area contributed by atoms with Crippen LogP contribution in [0.5, 0.6) is 11.5 Å². The number of rotatable bonds is 18. The molecule has 0 saturated carbocycles. The van der Waals surface area contributed by atoms with E-state index in [4.69, 9.17) is 35.3 Å². The van der Waals surface area contributed by atoms with Crippen LogP contribution in [0.3, 0.4) is 0 Å². The van der Waals surface area contributed by atoms with Gasteiger partial charge in [0.1, 0.15) is 41.7 Å². The summed E-state index contributed by atoms with van der Waals surface area (Å²) in [6, 6.07) is 13.8. The van der Waals surface area contributed by atoms with Crippen molar-refractivity contribution in [2.24, 2.45) is 13.0 Å². The van der Waals surface area contributed by atoms with E-state index in [1.807, 2.05) is 57.2 Å². The van der Waals surface area contributed by atoms with Gasteiger partial charge in [-0.2, -0.15) is 4.98 Å². The van der Waals surface area contributed by atoms with Gasteiger partial charge in [-0.1, -0.05) is 42.7 Å². The van der Waals surface area contributed by atoms with Gasteiger partial charge in [-0.15, -0.1) is 11.3 Å². The molecule has 3 atom stereocenters. The number of nitrogens with zero attached hydrogens (tertiary/aromatic N) is 7. The molecule has 18 nitrogen and oxygen atoms in total. The molecule has 4 aromatic heterocycles. The van der Waals surface area contributed by atoms with Gasteiger partial charge < -0.3 is 48.8 Å². The summed E-state index contributed by atoms with van der Waals surface area (Å²) in [4.78, 5) is 70.3. The first-order valence-corrected chi connectivity index (χ1v) is 24.2. The van der Waals surface area contributed by atoms with Crippen molar-refractivity contribution >= 4 is 68.9 Å². The fourth-order valence-electron chi connectivity index (χ4n) is 8.74. The number of fused-ring (bicyclic) bond motifs is 1. The molecule has 3 N–H and O–H groups in total. The van der Waals surface area contributed by atoms with Crippen LogP contribution in [0.2, 0.25) is 5.02 Å². The molecule has 2 amide bonds. The number of nitrogens with one attached hydrogen (secondary N) is 2. The lowest BCUT2D eigenvalue weighted by Gasteiger charge is -2.32. The number of aromatic nitrogens is 5. The summed E-state index contributed by atoms with van der Waals surface area (Å²) in [7, 11) is 1.65. The fraction of sp³-hybridized carbons (Fsp3) is 0.429. The third-order valence-corrected chi connectivity index (χ3v) is 13.6. The molecule has 8 rings (SSSR count). The molecule has 364 valence electrons. The van der Waals surface area contributed by atoms with Crippen LogP contribution in [0.25, 0.3) is 21.3 Å². The van der Waals surface area contributed by atoms with Crippen LogP contribution < -0.4 is 30.6 Å². The molecule has 2 fully saturated rings. The number of halogens is 1. The highest BCUT2D eigenvalue weighted by Gasteiger charge is 2.43. The van der Waals surface area contributed by atoms with Crippen LogP contribution in [0.1, 0.15) is 68.7 Å². The molecule has 0 aliphatic carbocycles. The maximum absolute atomic E-state index is 13.9. The van der Waals surface area contributed by atoms with Crippen molar-refractivity contribution in [3.63, 3.8) is 0 Å². The number of benzene rings is 2. The molecule has 0 spiro atoms. The van der Waals surface area contributed by atoms with Gasteiger partial charge in [0.15, 0.2) is 17.4 Å². The van der Waals surface area contributed by atoms with Crippen molar-refractivity contribution in [2.45, 2.75) is 84.6 Å². The molecule has 1 unspecified atom stereocenters. The first-order chi connectivity index (χ1) is 33.1. The van der Waals surface area contributed by atoms with Gasteiger partial charge >= 0.3 is 0 Å². The standard InChI is InChI=1S/C49H56ClN9O9S/c1-27(2)43(41-17-28(3)56-68-41)48(64)59-24-35(61)21-39(59)46(62)51-22-32-8-7-31(44-30(5)53-26-69-44)19-40(32)66-16-15-65-36-11-13-58(14-12-36)49-52-23-37(50)45(55-49)54-34-9-10-38-33(18-34)20-42(47(63)57(38)6)67-25-29(4)60/h7-10,17-20,23,26-27,35-36,39,43,61H,11-16,21-22,24-25H2,1-6H3,(H,51,62)(H,52,54,55)/t35-,39+,43?/m1/s1. The summed E-state index contributed by atoms with van der Waals surface area (Å²) < 4.78 is 25.1. The molecule has 2 aromatic carbocycles. The van der Waals surface area contributed by atoms with Crippen LogP contribution in [0, 0.1) is 19.8 Å². The van der Waals surface area contributed by atoms with Crippen molar-refractivity contribution in [1.82, 2.24) is 34.9 Å². The van der Waals surface area contributed by atoms with Crippen LogP contribution in [0.4, 0.5) is 17.5 Å². The number of hydrogen-bond acceptors (Lipinski definition) is 16. The Morgan fingerprint density at radius 3 is 2.52 bits per heavy atom. The number of anilines is 3. The Balaban J connectivity index is 0.867. The summed E-state index contributed by atoms with van der Waals surface area (Å²) in [6.45, 7) is 10.8. The zero-order valence-electron chi connectivity index (χ0n) is 39.4. The summed E-state index contributed by atoms with van der Waals surface area (Å²) in [5.41, 5.74) is 6.07. The van der Waals surface area contributed by atoms with E-state index < -0.39 is 18.1 Å². The van der Waals surface area contributed by atoms with Crippen LogP contribution in [0.15, 0.2) is 69.6 Å². The number of amides is 2. The zero-order chi connectivity index (χ0) is 48.9. The number of thiazole rings is 1. The molecule has 2 aliphatic rings. The number of hydrogen-bond donors (Lipinski definition) is 3. The van der Waals surface area contributed by atoms with E-state index in [2.05, 4.69) is 30.7 Å². The van der Waals surface area contributed by atoms with E-state index in [1.54, 1.807) is 37.8 Å². The predicted octanol–water partition coefficient (Wildman–Crippen LogP) is 6.50. The van der Waals surface area contributed by atoms with Gasteiger partial charge in [-0.25, -0.2) is 9.97 Å². The van der Waals surface area contributed by atoms with Gasteiger partial charge in [-0.05, 0) is 75.4 Å². The summed E-state index contributed by atoms with van der Waals surface area (Å²) in [5.74, 6) is 0.411. The van der Waals surface area contributed by atoms with Gasteiger partial charge in [-0.3, -0.25) is 19.2 Å². The molecule has 2 saturated heterocycles. The molecular formula is C49H56ClN9O9S. The molecule has 6 heterocycles. The third kappa shape index (κ3) is 11.4. The van der Waals surface area contributed by atoms with E-state index in [0.29, 0.717) is 64.9 Å². The monoisotopic (exact) mass is 981 g/mol. The van der Waals surface area contributed by atoms with E-state index >= 15 is 0 Å². The molecule has 69 heavy (non-hydrogen) atoms. The molecule has 0 bridgehead atoms. The minimum atomic E-state index is -0.863. The Morgan fingerprint density at radius 2 is 1.81 bits per heavy atom. The lowest BCUT2D eigenvalue weighted by atomic mass is 9.91.